The second kappa shape index (κ2) is 10.7. The molecule has 1 aromatic carbocycles. The van der Waals surface area contributed by atoms with Crippen molar-refractivity contribution in [1.29, 1.82) is 0 Å². The van der Waals surface area contributed by atoms with Crippen molar-refractivity contribution >= 4 is 23.8 Å². The first-order chi connectivity index (χ1) is 16.7. The minimum absolute atomic E-state index is 0.0568. The fourth-order valence-electron chi connectivity index (χ4n) is 5.20. The number of nitrogens with zero attached hydrogens (tertiary/aromatic N) is 2. The van der Waals surface area contributed by atoms with Crippen LogP contribution in [-0.2, 0) is 36.9 Å². The highest BCUT2D eigenvalue weighted by Gasteiger charge is 2.44. The van der Waals surface area contributed by atoms with Gasteiger partial charge in [-0.15, -0.1) is 0 Å². The fourth-order valence-corrected chi connectivity index (χ4v) is 5.20. The summed E-state index contributed by atoms with van der Waals surface area (Å²) in [6.45, 7) is 5.07. The Labute approximate surface area is 205 Å². The van der Waals surface area contributed by atoms with Crippen LogP contribution in [0.5, 0.6) is 5.75 Å². The topological polar surface area (TPSA) is 113 Å². The highest BCUT2D eigenvalue weighted by atomic mass is 16.5. The summed E-state index contributed by atoms with van der Waals surface area (Å²) in [7, 11) is 0. The van der Waals surface area contributed by atoms with Gasteiger partial charge in [0.25, 0.3) is 0 Å². The van der Waals surface area contributed by atoms with Crippen molar-refractivity contribution in [3.63, 3.8) is 0 Å². The van der Waals surface area contributed by atoms with Crippen LogP contribution in [0.15, 0.2) is 18.2 Å². The predicted octanol–water partition coefficient (Wildman–Crippen LogP) is 2.39. The molecule has 2 amide bonds. The number of esters is 1. The Bertz CT molecular complexity index is 992. The monoisotopic (exact) mass is 486 g/mol. The molecule has 0 saturated carbocycles. The summed E-state index contributed by atoms with van der Waals surface area (Å²) in [6, 6.07) is 4.76. The van der Waals surface area contributed by atoms with E-state index in [-0.39, 0.29) is 43.7 Å². The number of fused-ring (bicyclic) bond motifs is 3. The number of carbonyl (C=O) groups is 4. The van der Waals surface area contributed by atoms with Crippen LogP contribution < -0.4 is 4.74 Å². The maximum atomic E-state index is 13.4. The van der Waals surface area contributed by atoms with Gasteiger partial charge in [0.1, 0.15) is 17.9 Å². The molecule has 0 unspecified atom stereocenters. The Balaban J connectivity index is 1.64. The maximum Gasteiger partial charge on any atom is 0.326 e. The Morgan fingerprint density at radius 2 is 1.94 bits per heavy atom. The first-order valence-corrected chi connectivity index (χ1v) is 12.5. The normalized spacial score (nSPS) is 26.1. The van der Waals surface area contributed by atoms with E-state index in [1.807, 2.05) is 36.9 Å². The molecule has 4 rings (SSSR count). The molecule has 35 heavy (non-hydrogen) atoms. The van der Waals surface area contributed by atoms with Gasteiger partial charge in [0.2, 0.25) is 11.8 Å². The lowest BCUT2D eigenvalue weighted by Gasteiger charge is -2.31. The fraction of sp³-hybridized carbons (Fsp3) is 0.615. The van der Waals surface area contributed by atoms with E-state index in [4.69, 9.17) is 9.47 Å². The number of carbonyl (C=O) groups excluding carboxylic acids is 3. The zero-order valence-electron chi connectivity index (χ0n) is 20.4. The minimum Gasteiger partial charge on any atom is -0.488 e. The van der Waals surface area contributed by atoms with Crippen molar-refractivity contribution < 1.29 is 33.8 Å². The summed E-state index contributed by atoms with van der Waals surface area (Å²) < 4.78 is 11.6. The number of aliphatic carboxylic acids is 1. The average molecular weight is 487 g/mol. The van der Waals surface area contributed by atoms with Crippen molar-refractivity contribution in [3.05, 3.63) is 29.3 Å². The number of carboxylic acids is 1. The lowest BCUT2D eigenvalue weighted by Crippen LogP contribution is -2.45. The Kier molecular flexibility index (Phi) is 7.62. The molecule has 1 saturated heterocycles. The van der Waals surface area contributed by atoms with Crippen LogP contribution in [-0.4, -0.2) is 70.5 Å². The SMILES string of the molecule is CC(C)[C@@H]1CC(=O)OCCCCC(=O)N2CCc3cccc(c3C2)O[C@@H]2C[C@@H](C(=O)O)N(C2)C1=O. The standard InChI is InChI=1S/C26H34N2O7/c1-16(2)19-13-24(30)34-11-4-3-8-23(29)27-10-9-17-6-5-7-22(20(17)15-27)35-18-12-21(26(32)33)28(14-18)25(19)31/h5-7,16,18-19,21H,3-4,8-15H2,1-2H3,(H,32,33)/t18-,19+,21+/m1/s1. The molecule has 9 heteroatoms. The number of rotatable bonds is 2. The predicted molar refractivity (Wildman–Crippen MR) is 125 cm³/mol. The van der Waals surface area contributed by atoms with Gasteiger partial charge in [0.05, 0.1) is 25.5 Å². The Morgan fingerprint density at radius 3 is 2.69 bits per heavy atom. The van der Waals surface area contributed by atoms with Gasteiger partial charge in [-0.25, -0.2) is 4.79 Å². The number of ether oxygens (including phenoxy) is 2. The Morgan fingerprint density at radius 1 is 1.14 bits per heavy atom. The molecule has 4 bridgehead atoms. The second-order valence-corrected chi connectivity index (χ2v) is 10.0. The summed E-state index contributed by atoms with van der Waals surface area (Å²) in [4.78, 5) is 53.9. The smallest absolute Gasteiger partial charge is 0.326 e. The van der Waals surface area contributed by atoms with Gasteiger partial charge in [-0.1, -0.05) is 26.0 Å². The van der Waals surface area contributed by atoms with E-state index in [0.717, 1.165) is 17.5 Å². The summed E-state index contributed by atoms with van der Waals surface area (Å²) >= 11 is 0. The summed E-state index contributed by atoms with van der Waals surface area (Å²) in [6.07, 6.45) is 1.81. The van der Waals surface area contributed by atoms with Crippen LogP contribution in [0.25, 0.3) is 0 Å². The number of hydrogen-bond acceptors (Lipinski definition) is 6. The van der Waals surface area contributed by atoms with E-state index >= 15 is 0 Å². The van der Waals surface area contributed by atoms with E-state index in [0.29, 0.717) is 38.1 Å². The number of cyclic esters (lactones) is 1. The number of hydrogen-bond donors (Lipinski definition) is 1. The van der Waals surface area contributed by atoms with E-state index in [1.165, 1.54) is 4.90 Å². The quantitative estimate of drug-likeness (QED) is 0.639. The van der Waals surface area contributed by atoms with E-state index in [9.17, 15) is 24.3 Å². The first kappa shape index (κ1) is 25.0. The summed E-state index contributed by atoms with van der Waals surface area (Å²) in [5, 5.41) is 9.84. The van der Waals surface area contributed by atoms with E-state index in [2.05, 4.69) is 0 Å². The lowest BCUT2D eigenvalue weighted by atomic mass is 9.91. The van der Waals surface area contributed by atoms with Crippen molar-refractivity contribution in [2.45, 2.75) is 71.1 Å². The van der Waals surface area contributed by atoms with E-state index in [1.54, 1.807) is 0 Å². The largest absolute Gasteiger partial charge is 0.488 e. The molecular formula is C26H34N2O7. The van der Waals surface area contributed by atoms with Crippen molar-refractivity contribution in [2.75, 3.05) is 19.7 Å². The zero-order chi connectivity index (χ0) is 25.1. The van der Waals surface area contributed by atoms with Crippen molar-refractivity contribution in [2.24, 2.45) is 11.8 Å². The maximum absolute atomic E-state index is 13.4. The molecule has 190 valence electrons. The molecule has 1 aromatic rings. The number of carboxylic acid groups (broad SMARTS) is 1. The van der Waals surface area contributed by atoms with Gasteiger partial charge in [0, 0.05) is 31.5 Å². The highest BCUT2D eigenvalue weighted by Crippen LogP contribution is 2.33. The van der Waals surface area contributed by atoms with Gasteiger partial charge in [0.15, 0.2) is 0 Å². The van der Waals surface area contributed by atoms with Crippen LogP contribution in [0.4, 0.5) is 0 Å². The van der Waals surface area contributed by atoms with Gasteiger partial charge >= 0.3 is 11.9 Å². The van der Waals surface area contributed by atoms with Crippen molar-refractivity contribution in [3.8, 4) is 5.75 Å². The molecule has 0 spiro atoms. The molecular weight excluding hydrogens is 452 g/mol. The van der Waals surface area contributed by atoms with Gasteiger partial charge < -0.3 is 24.4 Å². The number of benzene rings is 1. The molecule has 9 nitrogen and oxygen atoms in total. The van der Waals surface area contributed by atoms with Gasteiger partial charge in [-0.2, -0.15) is 0 Å². The first-order valence-electron chi connectivity index (χ1n) is 12.5. The van der Waals surface area contributed by atoms with Gasteiger partial charge in [-0.05, 0) is 36.8 Å². The second-order valence-electron chi connectivity index (χ2n) is 10.0. The van der Waals surface area contributed by atoms with Crippen LogP contribution >= 0.6 is 0 Å². The van der Waals surface area contributed by atoms with Crippen molar-refractivity contribution in [1.82, 2.24) is 9.80 Å². The van der Waals surface area contributed by atoms with Crippen LogP contribution in [0.1, 0.15) is 57.1 Å². The van der Waals surface area contributed by atoms with Crippen LogP contribution in [0, 0.1) is 11.8 Å². The summed E-state index contributed by atoms with van der Waals surface area (Å²) in [5.41, 5.74) is 2.06. The van der Waals surface area contributed by atoms with E-state index < -0.39 is 30.0 Å². The third-order valence-corrected chi connectivity index (χ3v) is 7.26. The lowest BCUT2D eigenvalue weighted by molar-refractivity contribution is -0.154. The third-order valence-electron chi connectivity index (χ3n) is 7.26. The average Bonchev–Trinajstić information content (AvgIpc) is 3.25. The van der Waals surface area contributed by atoms with Crippen LogP contribution in [0.2, 0.25) is 0 Å². The summed E-state index contributed by atoms with van der Waals surface area (Å²) in [5.74, 6) is -2.09. The minimum atomic E-state index is -1.09. The highest BCUT2D eigenvalue weighted by molar-refractivity contribution is 5.88. The molecule has 3 aliphatic heterocycles. The molecule has 3 heterocycles. The zero-order valence-corrected chi connectivity index (χ0v) is 20.4. The molecule has 0 aliphatic carbocycles. The molecule has 1 N–H and O–H groups in total. The molecule has 3 atom stereocenters. The molecule has 0 radical (unpaired) electrons. The number of amides is 2. The van der Waals surface area contributed by atoms with Gasteiger partial charge in [-0.3, -0.25) is 14.4 Å². The molecule has 1 fully saturated rings. The van der Waals surface area contributed by atoms with Crippen LogP contribution in [0.3, 0.4) is 0 Å². The molecule has 0 aromatic heterocycles. The Hall–Kier alpha value is -3.10. The third kappa shape index (κ3) is 5.60. The molecule has 3 aliphatic rings.